The molecule has 1 saturated heterocycles. The molecular weight excluding hydrogens is 258 g/mol. The first-order chi connectivity index (χ1) is 8.98. The van der Waals surface area contributed by atoms with Crippen LogP contribution >= 0.6 is 11.8 Å². The SMILES string of the molecule is CC1(C)[C@@H]2CC[C@@]1([C@H](O)CN1CCSCC1)C(=O)C2. The van der Waals surface area contributed by atoms with Gasteiger partial charge in [-0.05, 0) is 24.2 Å². The van der Waals surface area contributed by atoms with Crippen LogP contribution in [0.15, 0.2) is 0 Å². The highest BCUT2D eigenvalue weighted by molar-refractivity contribution is 7.99. The van der Waals surface area contributed by atoms with Crippen LogP contribution in [-0.4, -0.2) is 53.0 Å². The van der Waals surface area contributed by atoms with Crippen molar-refractivity contribution < 1.29 is 9.90 Å². The predicted molar refractivity (Wildman–Crippen MR) is 78.3 cm³/mol. The lowest BCUT2D eigenvalue weighted by atomic mass is 9.65. The highest BCUT2D eigenvalue weighted by Gasteiger charge is 2.67. The van der Waals surface area contributed by atoms with Gasteiger partial charge in [0.15, 0.2) is 0 Å². The third-order valence-corrected chi connectivity index (χ3v) is 7.03. The molecule has 0 amide bonds. The van der Waals surface area contributed by atoms with E-state index in [4.69, 9.17) is 0 Å². The van der Waals surface area contributed by atoms with Gasteiger partial charge in [0.25, 0.3) is 0 Å². The van der Waals surface area contributed by atoms with Crippen molar-refractivity contribution >= 4 is 17.5 Å². The molecule has 0 aromatic heterocycles. The fraction of sp³-hybridized carbons (Fsp3) is 0.933. The molecule has 0 spiro atoms. The topological polar surface area (TPSA) is 40.5 Å². The fourth-order valence-corrected chi connectivity index (χ4v) is 5.66. The summed E-state index contributed by atoms with van der Waals surface area (Å²) >= 11 is 1.98. The van der Waals surface area contributed by atoms with Gasteiger partial charge >= 0.3 is 0 Å². The van der Waals surface area contributed by atoms with Crippen molar-refractivity contribution in [2.24, 2.45) is 16.7 Å². The van der Waals surface area contributed by atoms with Gasteiger partial charge in [-0.2, -0.15) is 11.8 Å². The van der Waals surface area contributed by atoms with Gasteiger partial charge in [0, 0.05) is 37.6 Å². The molecule has 0 radical (unpaired) electrons. The van der Waals surface area contributed by atoms with Crippen LogP contribution < -0.4 is 0 Å². The number of Topliss-reactive ketones (excluding diaryl/α,β-unsaturated/α-hetero) is 1. The van der Waals surface area contributed by atoms with Crippen LogP contribution in [0.4, 0.5) is 0 Å². The minimum absolute atomic E-state index is 0.0198. The van der Waals surface area contributed by atoms with Crippen molar-refractivity contribution in [1.82, 2.24) is 4.90 Å². The Morgan fingerprint density at radius 2 is 2.11 bits per heavy atom. The minimum atomic E-state index is -0.481. The highest BCUT2D eigenvalue weighted by atomic mass is 32.2. The summed E-state index contributed by atoms with van der Waals surface area (Å²) in [6, 6.07) is 0. The molecule has 3 nitrogen and oxygen atoms in total. The first-order valence-corrected chi connectivity index (χ1v) is 8.65. The molecule has 1 N–H and O–H groups in total. The third-order valence-electron chi connectivity index (χ3n) is 6.09. The number of nitrogens with zero attached hydrogens (tertiary/aromatic N) is 1. The summed E-state index contributed by atoms with van der Waals surface area (Å²) in [5, 5.41) is 10.8. The maximum atomic E-state index is 12.5. The molecule has 1 heterocycles. The number of β-amino-alcohol motifs (C(OH)–C–C–N with tert-alkyl or cyclic N) is 1. The maximum absolute atomic E-state index is 12.5. The zero-order valence-corrected chi connectivity index (χ0v) is 12.8. The molecule has 0 aromatic carbocycles. The molecule has 108 valence electrons. The summed E-state index contributed by atoms with van der Waals surface area (Å²) in [6.45, 7) is 7.18. The normalized spacial score (nSPS) is 39.7. The number of hydrogen-bond donors (Lipinski definition) is 1. The highest BCUT2D eigenvalue weighted by Crippen LogP contribution is 2.65. The van der Waals surface area contributed by atoms with Crippen LogP contribution in [0.2, 0.25) is 0 Å². The summed E-state index contributed by atoms with van der Waals surface area (Å²) in [4.78, 5) is 14.8. The number of carbonyl (C=O) groups excluding carboxylic acids is 1. The number of aliphatic hydroxyl groups is 1. The molecule has 3 atom stereocenters. The van der Waals surface area contributed by atoms with Gasteiger partial charge in [0.1, 0.15) is 5.78 Å². The Balaban J connectivity index is 1.77. The number of hydrogen-bond acceptors (Lipinski definition) is 4. The van der Waals surface area contributed by atoms with Crippen molar-refractivity contribution in [3.05, 3.63) is 0 Å². The van der Waals surface area contributed by atoms with Gasteiger partial charge in [0.05, 0.1) is 11.5 Å². The van der Waals surface area contributed by atoms with E-state index in [2.05, 4.69) is 18.7 Å². The largest absolute Gasteiger partial charge is 0.391 e. The zero-order chi connectivity index (χ0) is 13.7. The van der Waals surface area contributed by atoms with Crippen LogP contribution in [0.3, 0.4) is 0 Å². The summed E-state index contributed by atoms with van der Waals surface area (Å²) < 4.78 is 0. The lowest BCUT2D eigenvalue weighted by Crippen LogP contribution is -2.52. The minimum Gasteiger partial charge on any atom is -0.391 e. The van der Waals surface area contributed by atoms with Gasteiger partial charge in [0.2, 0.25) is 0 Å². The standard InChI is InChI=1S/C15H25NO2S/c1-14(2)11-3-4-15(14,12(17)9-11)13(18)10-16-5-7-19-8-6-16/h11,13,18H,3-10H2,1-2H3/t11-,13-,15+/m1/s1. The molecule has 2 bridgehead atoms. The van der Waals surface area contributed by atoms with Gasteiger partial charge in [-0.25, -0.2) is 0 Å². The van der Waals surface area contributed by atoms with Crippen molar-refractivity contribution in [1.29, 1.82) is 0 Å². The second-order valence-electron chi connectivity index (χ2n) is 6.98. The van der Waals surface area contributed by atoms with E-state index in [1.807, 2.05) is 11.8 Å². The molecule has 0 unspecified atom stereocenters. The van der Waals surface area contributed by atoms with Crippen LogP contribution in [0.1, 0.15) is 33.1 Å². The van der Waals surface area contributed by atoms with Crippen molar-refractivity contribution in [2.75, 3.05) is 31.1 Å². The lowest BCUT2D eigenvalue weighted by Gasteiger charge is -2.42. The number of carbonyl (C=O) groups is 1. The molecule has 2 aliphatic carbocycles. The van der Waals surface area contributed by atoms with E-state index in [9.17, 15) is 9.90 Å². The predicted octanol–water partition coefficient (Wildman–Crippen LogP) is 1.79. The second kappa shape index (κ2) is 4.74. The monoisotopic (exact) mass is 283 g/mol. The summed E-state index contributed by atoms with van der Waals surface area (Å²) in [5.74, 6) is 3.12. The van der Waals surface area contributed by atoms with E-state index in [1.165, 1.54) is 0 Å². The van der Waals surface area contributed by atoms with Crippen LogP contribution in [0.25, 0.3) is 0 Å². The summed E-state index contributed by atoms with van der Waals surface area (Å²) in [6.07, 6.45) is 2.23. The van der Waals surface area contributed by atoms with E-state index in [0.717, 1.165) is 37.4 Å². The Kier molecular flexibility index (Phi) is 3.47. The van der Waals surface area contributed by atoms with Gasteiger partial charge in [-0.3, -0.25) is 9.69 Å². The zero-order valence-electron chi connectivity index (χ0n) is 12.0. The second-order valence-corrected chi connectivity index (χ2v) is 8.21. The smallest absolute Gasteiger partial charge is 0.142 e. The lowest BCUT2D eigenvalue weighted by molar-refractivity contribution is -0.139. The van der Waals surface area contributed by atoms with Crippen molar-refractivity contribution in [2.45, 2.75) is 39.2 Å². The van der Waals surface area contributed by atoms with E-state index in [0.29, 0.717) is 24.7 Å². The van der Waals surface area contributed by atoms with Gasteiger partial charge in [-0.1, -0.05) is 13.8 Å². The molecule has 1 aliphatic heterocycles. The average molecular weight is 283 g/mol. The van der Waals surface area contributed by atoms with Crippen molar-refractivity contribution in [3.8, 4) is 0 Å². The first-order valence-electron chi connectivity index (χ1n) is 7.50. The van der Waals surface area contributed by atoms with E-state index in [-0.39, 0.29) is 5.41 Å². The Morgan fingerprint density at radius 1 is 1.42 bits per heavy atom. The Hall–Kier alpha value is -0.0600. The van der Waals surface area contributed by atoms with Crippen LogP contribution in [0.5, 0.6) is 0 Å². The summed E-state index contributed by atoms with van der Waals surface area (Å²) in [7, 11) is 0. The number of ketones is 1. The maximum Gasteiger partial charge on any atom is 0.142 e. The molecule has 3 aliphatic rings. The Labute approximate surface area is 120 Å². The van der Waals surface area contributed by atoms with Crippen LogP contribution in [0, 0.1) is 16.7 Å². The van der Waals surface area contributed by atoms with Crippen LogP contribution in [-0.2, 0) is 4.79 Å². The average Bonchev–Trinajstić information content (AvgIpc) is 2.74. The molecule has 4 heteroatoms. The molecule has 2 saturated carbocycles. The molecular formula is C15H25NO2S. The van der Waals surface area contributed by atoms with E-state index < -0.39 is 11.5 Å². The molecule has 3 rings (SSSR count). The number of rotatable bonds is 3. The van der Waals surface area contributed by atoms with E-state index >= 15 is 0 Å². The fourth-order valence-electron chi connectivity index (χ4n) is 4.68. The first kappa shape index (κ1) is 13.9. The van der Waals surface area contributed by atoms with E-state index in [1.54, 1.807) is 0 Å². The number of fused-ring (bicyclic) bond motifs is 2. The Morgan fingerprint density at radius 3 is 2.63 bits per heavy atom. The number of aliphatic hydroxyl groups excluding tert-OH is 1. The molecule has 3 fully saturated rings. The molecule has 19 heavy (non-hydrogen) atoms. The van der Waals surface area contributed by atoms with Gasteiger partial charge < -0.3 is 5.11 Å². The van der Waals surface area contributed by atoms with Crippen molar-refractivity contribution in [3.63, 3.8) is 0 Å². The Bertz CT molecular complexity index is 378. The third kappa shape index (κ3) is 1.90. The summed E-state index contributed by atoms with van der Waals surface area (Å²) in [5.41, 5.74) is -0.476. The quantitative estimate of drug-likeness (QED) is 0.857. The molecule has 0 aromatic rings. The number of thioether (sulfide) groups is 1. The van der Waals surface area contributed by atoms with Gasteiger partial charge in [-0.15, -0.1) is 0 Å².